The number of rotatable bonds is 2. The monoisotopic (exact) mass is 375 g/mol. The molecule has 0 aliphatic carbocycles. The first kappa shape index (κ1) is 17.9. The Morgan fingerprint density at radius 3 is 2.54 bits per heavy atom. The standard InChI is InChI=1S/C23H21NO4/c1-15-4-2-3-5-20(15)17-12-18-14-24(10-11-28-22(18)21(26)13-17)23(27)16-6-8-19(25)9-7-16/h2-9,12-13,25-26H,10-11,14H2,1H3. The Kier molecular flexibility index (Phi) is 4.65. The third-order valence-corrected chi connectivity index (χ3v) is 4.97. The number of phenols is 2. The number of carbonyl (C=O) groups excluding carboxylic acids is 1. The summed E-state index contributed by atoms with van der Waals surface area (Å²) in [5, 5.41) is 20.0. The van der Waals surface area contributed by atoms with Gasteiger partial charge < -0.3 is 19.8 Å². The van der Waals surface area contributed by atoms with Gasteiger partial charge in [-0.25, -0.2) is 0 Å². The first-order chi connectivity index (χ1) is 13.5. The molecule has 0 saturated heterocycles. The van der Waals surface area contributed by atoms with Crippen molar-refractivity contribution in [3.63, 3.8) is 0 Å². The molecule has 28 heavy (non-hydrogen) atoms. The highest BCUT2D eigenvalue weighted by atomic mass is 16.5. The van der Waals surface area contributed by atoms with E-state index < -0.39 is 0 Å². The maximum atomic E-state index is 12.9. The van der Waals surface area contributed by atoms with E-state index in [4.69, 9.17) is 4.74 Å². The fraction of sp³-hybridized carbons (Fsp3) is 0.174. The lowest BCUT2D eigenvalue weighted by molar-refractivity contribution is 0.0733. The van der Waals surface area contributed by atoms with Gasteiger partial charge in [0.25, 0.3) is 5.91 Å². The number of hydrogen-bond acceptors (Lipinski definition) is 4. The second kappa shape index (κ2) is 7.27. The minimum atomic E-state index is -0.141. The van der Waals surface area contributed by atoms with Crippen LogP contribution in [0.4, 0.5) is 0 Å². The molecule has 2 N–H and O–H groups in total. The fourth-order valence-corrected chi connectivity index (χ4v) is 3.51. The number of aryl methyl sites for hydroxylation is 1. The third-order valence-electron chi connectivity index (χ3n) is 4.97. The summed E-state index contributed by atoms with van der Waals surface area (Å²) in [6.07, 6.45) is 0. The Hall–Kier alpha value is -3.47. The van der Waals surface area contributed by atoms with Gasteiger partial charge in [-0.3, -0.25) is 4.79 Å². The van der Waals surface area contributed by atoms with E-state index in [1.54, 1.807) is 23.1 Å². The zero-order valence-corrected chi connectivity index (χ0v) is 15.6. The Morgan fingerprint density at radius 2 is 1.79 bits per heavy atom. The van der Waals surface area contributed by atoms with Crippen molar-refractivity contribution in [1.29, 1.82) is 0 Å². The van der Waals surface area contributed by atoms with Crippen LogP contribution in [0.2, 0.25) is 0 Å². The van der Waals surface area contributed by atoms with Gasteiger partial charge in [0.1, 0.15) is 12.4 Å². The van der Waals surface area contributed by atoms with Crippen molar-refractivity contribution >= 4 is 5.91 Å². The molecule has 0 fully saturated rings. The smallest absolute Gasteiger partial charge is 0.254 e. The molecule has 0 saturated carbocycles. The maximum absolute atomic E-state index is 12.9. The molecule has 4 rings (SSSR count). The lowest BCUT2D eigenvalue weighted by Gasteiger charge is -2.20. The number of aromatic hydroxyl groups is 2. The van der Waals surface area contributed by atoms with Crippen LogP contribution in [-0.2, 0) is 6.54 Å². The Balaban J connectivity index is 1.69. The summed E-state index contributed by atoms with van der Waals surface area (Å²) in [6.45, 7) is 3.07. The fourth-order valence-electron chi connectivity index (χ4n) is 3.51. The first-order valence-corrected chi connectivity index (χ1v) is 9.16. The van der Waals surface area contributed by atoms with Gasteiger partial charge in [0.05, 0.1) is 6.54 Å². The van der Waals surface area contributed by atoms with E-state index in [1.165, 1.54) is 12.1 Å². The van der Waals surface area contributed by atoms with E-state index in [-0.39, 0.29) is 17.4 Å². The van der Waals surface area contributed by atoms with Gasteiger partial charge in [-0.05, 0) is 60.0 Å². The highest BCUT2D eigenvalue weighted by Gasteiger charge is 2.24. The number of phenolic OH excluding ortho intramolecular Hbond substituents is 2. The topological polar surface area (TPSA) is 70.0 Å². The van der Waals surface area contributed by atoms with E-state index in [0.29, 0.717) is 31.0 Å². The van der Waals surface area contributed by atoms with E-state index >= 15 is 0 Å². The average molecular weight is 375 g/mol. The Bertz CT molecular complexity index is 1030. The van der Waals surface area contributed by atoms with Gasteiger partial charge >= 0.3 is 0 Å². The predicted octanol–water partition coefficient (Wildman–Crippen LogP) is 4.11. The van der Waals surface area contributed by atoms with Crippen LogP contribution in [0.5, 0.6) is 17.2 Å². The van der Waals surface area contributed by atoms with Crippen molar-refractivity contribution in [2.24, 2.45) is 0 Å². The summed E-state index contributed by atoms with van der Waals surface area (Å²) in [5.74, 6) is 0.485. The molecule has 0 radical (unpaired) electrons. The second-order valence-corrected chi connectivity index (χ2v) is 6.92. The molecule has 3 aromatic carbocycles. The lowest BCUT2D eigenvalue weighted by atomic mass is 9.97. The van der Waals surface area contributed by atoms with Gasteiger partial charge in [0.2, 0.25) is 0 Å². The Morgan fingerprint density at radius 1 is 1.04 bits per heavy atom. The van der Waals surface area contributed by atoms with Crippen LogP contribution >= 0.6 is 0 Å². The number of amides is 1. The zero-order valence-electron chi connectivity index (χ0n) is 15.6. The highest BCUT2D eigenvalue weighted by Crippen LogP contribution is 2.38. The molecule has 0 atom stereocenters. The van der Waals surface area contributed by atoms with E-state index in [1.807, 2.05) is 37.3 Å². The molecule has 1 aliphatic heterocycles. The largest absolute Gasteiger partial charge is 0.508 e. The molecule has 142 valence electrons. The van der Waals surface area contributed by atoms with Gasteiger partial charge in [-0.1, -0.05) is 24.3 Å². The molecular weight excluding hydrogens is 354 g/mol. The van der Waals surface area contributed by atoms with E-state index in [0.717, 1.165) is 22.3 Å². The second-order valence-electron chi connectivity index (χ2n) is 6.92. The molecular formula is C23H21NO4. The molecule has 5 nitrogen and oxygen atoms in total. The van der Waals surface area contributed by atoms with Gasteiger partial charge in [-0.2, -0.15) is 0 Å². The molecule has 0 aromatic heterocycles. The molecule has 0 spiro atoms. The van der Waals surface area contributed by atoms with Crippen molar-refractivity contribution in [1.82, 2.24) is 4.90 Å². The molecule has 0 bridgehead atoms. The summed E-state index contributed by atoms with van der Waals surface area (Å²) >= 11 is 0. The summed E-state index contributed by atoms with van der Waals surface area (Å²) in [7, 11) is 0. The zero-order chi connectivity index (χ0) is 19.7. The summed E-state index contributed by atoms with van der Waals surface area (Å²) in [5.41, 5.74) is 4.29. The number of nitrogens with zero attached hydrogens (tertiary/aromatic N) is 1. The van der Waals surface area contributed by atoms with Gasteiger partial charge in [-0.15, -0.1) is 0 Å². The summed E-state index contributed by atoms with van der Waals surface area (Å²) in [6, 6.07) is 17.8. The van der Waals surface area contributed by atoms with Crippen LogP contribution in [0.15, 0.2) is 60.7 Å². The van der Waals surface area contributed by atoms with Crippen molar-refractivity contribution in [3.8, 4) is 28.4 Å². The van der Waals surface area contributed by atoms with E-state index in [2.05, 4.69) is 0 Å². The maximum Gasteiger partial charge on any atom is 0.254 e. The van der Waals surface area contributed by atoms with Crippen LogP contribution in [0.1, 0.15) is 21.5 Å². The number of carbonyl (C=O) groups is 1. The Labute approximate surface area is 163 Å². The van der Waals surface area contributed by atoms with Crippen LogP contribution in [0.3, 0.4) is 0 Å². The van der Waals surface area contributed by atoms with Crippen LogP contribution in [0, 0.1) is 6.92 Å². The van der Waals surface area contributed by atoms with Crippen LogP contribution in [-0.4, -0.2) is 34.2 Å². The summed E-state index contributed by atoms with van der Waals surface area (Å²) < 4.78 is 5.75. The highest BCUT2D eigenvalue weighted by molar-refractivity contribution is 5.94. The quantitative estimate of drug-likeness (QED) is 0.707. The number of ether oxygens (including phenoxy) is 1. The predicted molar refractivity (Wildman–Crippen MR) is 107 cm³/mol. The number of benzene rings is 3. The van der Waals surface area contributed by atoms with E-state index in [9.17, 15) is 15.0 Å². The van der Waals surface area contributed by atoms with Crippen molar-refractivity contribution in [3.05, 3.63) is 77.4 Å². The molecule has 5 heteroatoms. The lowest BCUT2D eigenvalue weighted by Crippen LogP contribution is -2.32. The summed E-state index contributed by atoms with van der Waals surface area (Å²) in [4.78, 5) is 14.6. The van der Waals surface area contributed by atoms with Crippen molar-refractivity contribution in [2.45, 2.75) is 13.5 Å². The third kappa shape index (κ3) is 3.39. The molecule has 1 aliphatic rings. The first-order valence-electron chi connectivity index (χ1n) is 9.16. The molecule has 0 unspecified atom stereocenters. The van der Waals surface area contributed by atoms with Gasteiger partial charge in [0, 0.05) is 17.7 Å². The van der Waals surface area contributed by atoms with Crippen molar-refractivity contribution in [2.75, 3.05) is 13.2 Å². The number of hydrogen-bond donors (Lipinski definition) is 2. The van der Waals surface area contributed by atoms with Crippen molar-refractivity contribution < 1.29 is 19.7 Å². The number of fused-ring (bicyclic) bond motifs is 1. The van der Waals surface area contributed by atoms with Gasteiger partial charge in [0.15, 0.2) is 11.5 Å². The molecule has 1 heterocycles. The SMILES string of the molecule is Cc1ccccc1-c1cc(O)c2c(c1)CN(C(=O)c1ccc(O)cc1)CCO2. The minimum Gasteiger partial charge on any atom is -0.508 e. The minimum absolute atomic E-state index is 0.0784. The average Bonchev–Trinajstić information content (AvgIpc) is 2.91. The van der Waals surface area contributed by atoms with Crippen LogP contribution < -0.4 is 4.74 Å². The van der Waals surface area contributed by atoms with Crippen LogP contribution in [0.25, 0.3) is 11.1 Å². The molecule has 1 amide bonds. The normalized spacial score (nSPS) is 13.4. The molecule has 3 aromatic rings.